The SMILES string of the molecule is NCC1(c2cncc(Cl)c2)CCCC1. The van der Waals surface area contributed by atoms with E-state index in [0.29, 0.717) is 11.6 Å². The summed E-state index contributed by atoms with van der Waals surface area (Å²) >= 11 is 5.94. The molecule has 0 atom stereocenters. The van der Waals surface area contributed by atoms with Crippen LogP contribution in [0, 0.1) is 0 Å². The van der Waals surface area contributed by atoms with E-state index in [9.17, 15) is 0 Å². The molecule has 14 heavy (non-hydrogen) atoms. The Kier molecular flexibility index (Phi) is 2.75. The number of nitrogens with two attached hydrogens (primary N) is 1. The smallest absolute Gasteiger partial charge is 0.0592 e. The average molecular weight is 211 g/mol. The number of hydrogen-bond donors (Lipinski definition) is 1. The zero-order chi connectivity index (χ0) is 10.0. The molecule has 1 heterocycles. The van der Waals surface area contributed by atoms with Crippen molar-refractivity contribution in [2.24, 2.45) is 5.73 Å². The van der Waals surface area contributed by atoms with Crippen LogP contribution in [-0.2, 0) is 5.41 Å². The van der Waals surface area contributed by atoms with E-state index in [0.717, 1.165) is 0 Å². The number of rotatable bonds is 2. The third kappa shape index (κ3) is 1.64. The lowest BCUT2D eigenvalue weighted by molar-refractivity contribution is 0.451. The largest absolute Gasteiger partial charge is 0.330 e. The van der Waals surface area contributed by atoms with Gasteiger partial charge in [-0.05, 0) is 24.5 Å². The van der Waals surface area contributed by atoms with Gasteiger partial charge in [0.05, 0.1) is 5.02 Å². The molecule has 1 fully saturated rings. The van der Waals surface area contributed by atoms with Gasteiger partial charge in [0.25, 0.3) is 0 Å². The zero-order valence-electron chi connectivity index (χ0n) is 8.17. The van der Waals surface area contributed by atoms with Gasteiger partial charge in [-0.1, -0.05) is 24.4 Å². The van der Waals surface area contributed by atoms with E-state index in [1.807, 2.05) is 12.3 Å². The molecule has 76 valence electrons. The third-order valence-corrected chi connectivity index (χ3v) is 3.48. The van der Waals surface area contributed by atoms with Crippen LogP contribution in [0.5, 0.6) is 0 Å². The van der Waals surface area contributed by atoms with Crippen LogP contribution in [0.4, 0.5) is 0 Å². The molecule has 1 aromatic rings. The lowest BCUT2D eigenvalue weighted by Gasteiger charge is -2.27. The Hall–Kier alpha value is -0.600. The van der Waals surface area contributed by atoms with Crippen LogP contribution >= 0.6 is 11.6 Å². The molecule has 0 aliphatic heterocycles. The summed E-state index contributed by atoms with van der Waals surface area (Å²) in [7, 11) is 0. The fourth-order valence-corrected chi connectivity index (χ4v) is 2.54. The zero-order valence-corrected chi connectivity index (χ0v) is 8.93. The van der Waals surface area contributed by atoms with Crippen molar-refractivity contribution in [3.8, 4) is 0 Å². The number of nitrogens with zero attached hydrogens (tertiary/aromatic N) is 1. The summed E-state index contributed by atoms with van der Waals surface area (Å²) in [6, 6.07) is 2.01. The van der Waals surface area contributed by atoms with Crippen LogP contribution in [0.1, 0.15) is 31.2 Å². The summed E-state index contributed by atoms with van der Waals surface area (Å²) in [5.41, 5.74) is 7.24. The fraction of sp³-hybridized carbons (Fsp3) is 0.545. The van der Waals surface area contributed by atoms with Crippen LogP contribution in [-0.4, -0.2) is 11.5 Å². The van der Waals surface area contributed by atoms with Crippen molar-refractivity contribution in [3.63, 3.8) is 0 Å². The van der Waals surface area contributed by atoms with Gasteiger partial charge < -0.3 is 5.73 Å². The van der Waals surface area contributed by atoms with Gasteiger partial charge in [0.2, 0.25) is 0 Å². The molecule has 0 aromatic carbocycles. The number of aromatic nitrogens is 1. The first-order valence-corrected chi connectivity index (χ1v) is 5.46. The van der Waals surface area contributed by atoms with E-state index < -0.39 is 0 Å². The molecule has 0 bridgehead atoms. The van der Waals surface area contributed by atoms with E-state index in [4.69, 9.17) is 17.3 Å². The molecule has 0 radical (unpaired) electrons. The van der Waals surface area contributed by atoms with Crippen molar-refractivity contribution in [3.05, 3.63) is 29.0 Å². The van der Waals surface area contributed by atoms with Gasteiger partial charge in [-0.2, -0.15) is 0 Å². The standard InChI is InChI=1S/C11H15ClN2/c12-10-5-9(6-14-7-10)11(8-13)3-1-2-4-11/h5-7H,1-4,8,13H2. The molecule has 0 unspecified atom stereocenters. The summed E-state index contributed by atoms with van der Waals surface area (Å²) in [6.07, 6.45) is 8.46. The van der Waals surface area contributed by atoms with Gasteiger partial charge in [-0.15, -0.1) is 0 Å². The molecule has 2 rings (SSSR count). The fourth-order valence-electron chi connectivity index (χ4n) is 2.36. The number of halogens is 1. The van der Waals surface area contributed by atoms with Crippen LogP contribution < -0.4 is 5.73 Å². The van der Waals surface area contributed by atoms with Gasteiger partial charge in [-0.25, -0.2) is 0 Å². The number of pyridine rings is 1. The highest BCUT2D eigenvalue weighted by atomic mass is 35.5. The first-order valence-electron chi connectivity index (χ1n) is 5.08. The summed E-state index contributed by atoms with van der Waals surface area (Å²) in [4.78, 5) is 4.13. The molecular weight excluding hydrogens is 196 g/mol. The predicted octanol–water partition coefficient (Wildman–Crippen LogP) is 2.51. The lowest BCUT2D eigenvalue weighted by Crippen LogP contribution is -2.32. The van der Waals surface area contributed by atoms with Gasteiger partial charge in [-0.3, -0.25) is 4.98 Å². The minimum Gasteiger partial charge on any atom is -0.330 e. The van der Waals surface area contributed by atoms with Crippen LogP contribution in [0.2, 0.25) is 5.02 Å². The van der Waals surface area contributed by atoms with Crippen molar-refractivity contribution in [2.45, 2.75) is 31.1 Å². The van der Waals surface area contributed by atoms with E-state index in [1.165, 1.54) is 31.2 Å². The summed E-state index contributed by atoms with van der Waals surface area (Å²) < 4.78 is 0. The maximum absolute atomic E-state index is 5.94. The Morgan fingerprint density at radius 1 is 1.36 bits per heavy atom. The highest BCUT2D eigenvalue weighted by Crippen LogP contribution is 2.40. The number of hydrogen-bond acceptors (Lipinski definition) is 2. The molecule has 1 aliphatic rings. The van der Waals surface area contributed by atoms with Crippen LogP contribution in [0.25, 0.3) is 0 Å². The van der Waals surface area contributed by atoms with Gasteiger partial charge in [0.15, 0.2) is 0 Å². The summed E-state index contributed by atoms with van der Waals surface area (Å²) in [5.74, 6) is 0. The first-order chi connectivity index (χ1) is 6.77. The molecule has 1 aromatic heterocycles. The first kappa shape index (κ1) is 9.94. The second-order valence-electron chi connectivity index (χ2n) is 4.08. The van der Waals surface area contributed by atoms with Crippen molar-refractivity contribution in [1.82, 2.24) is 4.98 Å². The van der Waals surface area contributed by atoms with Gasteiger partial charge in [0, 0.05) is 24.4 Å². The Morgan fingerprint density at radius 2 is 2.07 bits per heavy atom. The maximum Gasteiger partial charge on any atom is 0.0592 e. The van der Waals surface area contributed by atoms with E-state index in [2.05, 4.69) is 4.98 Å². The Bertz CT molecular complexity index is 319. The minimum atomic E-state index is 0.151. The van der Waals surface area contributed by atoms with Crippen LogP contribution in [0.15, 0.2) is 18.5 Å². The molecule has 0 spiro atoms. The molecule has 1 aliphatic carbocycles. The molecule has 0 saturated heterocycles. The topological polar surface area (TPSA) is 38.9 Å². The summed E-state index contributed by atoms with van der Waals surface area (Å²) in [5, 5.41) is 0.710. The van der Waals surface area contributed by atoms with Crippen molar-refractivity contribution in [1.29, 1.82) is 0 Å². The van der Waals surface area contributed by atoms with Gasteiger partial charge in [0.1, 0.15) is 0 Å². The summed E-state index contributed by atoms with van der Waals surface area (Å²) in [6.45, 7) is 0.703. The average Bonchev–Trinajstić information content (AvgIpc) is 2.67. The second-order valence-corrected chi connectivity index (χ2v) is 4.52. The van der Waals surface area contributed by atoms with Crippen molar-refractivity contribution >= 4 is 11.6 Å². The molecular formula is C11H15ClN2. The van der Waals surface area contributed by atoms with Crippen LogP contribution in [0.3, 0.4) is 0 Å². The van der Waals surface area contributed by atoms with Crippen molar-refractivity contribution in [2.75, 3.05) is 6.54 Å². The highest BCUT2D eigenvalue weighted by molar-refractivity contribution is 6.30. The Labute approximate surface area is 89.5 Å². The molecule has 3 heteroatoms. The van der Waals surface area contributed by atoms with E-state index in [1.54, 1.807) is 6.20 Å². The molecule has 2 nitrogen and oxygen atoms in total. The second kappa shape index (κ2) is 3.87. The molecule has 0 amide bonds. The Morgan fingerprint density at radius 3 is 2.64 bits per heavy atom. The normalized spacial score (nSPS) is 19.9. The van der Waals surface area contributed by atoms with E-state index in [-0.39, 0.29) is 5.41 Å². The Balaban J connectivity index is 2.35. The molecule has 2 N–H and O–H groups in total. The third-order valence-electron chi connectivity index (χ3n) is 3.27. The quantitative estimate of drug-likeness (QED) is 0.815. The lowest BCUT2D eigenvalue weighted by atomic mass is 9.80. The maximum atomic E-state index is 5.94. The van der Waals surface area contributed by atoms with Gasteiger partial charge >= 0.3 is 0 Å². The van der Waals surface area contributed by atoms with Crippen molar-refractivity contribution < 1.29 is 0 Å². The molecule has 1 saturated carbocycles. The minimum absolute atomic E-state index is 0.151. The van der Waals surface area contributed by atoms with E-state index >= 15 is 0 Å². The monoisotopic (exact) mass is 210 g/mol. The highest BCUT2D eigenvalue weighted by Gasteiger charge is 2.34. The predicted molar refractivity (Wildman–Crippen MR) is 58.4 cm³/mol.